The first kappa shape index (κ1) is 10.7. The molecule has 0 radical (unpaired) electrons. The average molecular weight is 196 g/mol. The van der Waals surface area contributed by atoms with E-state index in [0.717, 1.165) is 0 Å². The molecule has 5 nitrogen and oxygen atoms in total. The van der Waals surface area contributed by atoms with Crippen LogP contribution in [0, 0.1) is 0 Å². The van der Waals surface area contributed by atoms with Gasteiger partial charge in [-0.25, -0.2) is 4.98 Å². The van der Waals surface area contributed by atoms with Crippen LogP contribution in [-0.2, 0) is 6.54 Å². The molecule has 0 aromatic carbocycles. The Bertz CT molecular complexity index is 347. The summed E-state index contributed by atoms with van der Waals surface area (Å²) < 4.78 is 1.60. The van der Waals surface area contributed by atoms with Crippen LogP contribution in [0.4, 0.5) is 5.82 Å². The summed E-state index contributed by atoms with van der Waals surface area (Å²) in [5.41, 5.74) is 5.34. The second-order valence-electron chi connectivity index (χ2n) is 3.15. The maximum atomic E-state index is 11.6. The summed E-state index contributed by atoms with van der Waals surface area (Å²) in [5.74, 6) is 0.368. The zero-order chi connectivity index (χ0) is 10.6. The molecule has 1 rings (SSSR count). The molecule has 14 heavy (non-hydrogen) atoms. The topological polar surface area (TPSA) is 72.9 Å². The lowest BCUT2D eigenvalue weighted by atomic mass is 10.3. The van der Waals surface area contributed by atoms with E-state index >= 15 is 0 Å². The second-order valence-corrected chi connectivity index (χ2v) is 3.15. The summed E-state index contributed by atoms with van der Waals surface area (Å²) in [6, 6.07) is 0.0582. The Balaban J connectivity index is 2.93. The Kier molecular flexibility index (Phi) is 3.64. The fourth-order valence-electron chi connectivity index (χ4n) is 1.09. The van der Waals surface area contributed by atoms with E-state index in [1.807, 2.05) is 13.8 Å². The molecule has 1 aromatic heterocycles. The lowest BCUT2D eigenvalue weighted by Gasteiger charge is -2.12. The molecule has 1 aromatic rings. The van der Waals surface area contributed by atoms with Gasteiger partial charge in [0.25, 0.3) is 5.56 Å². The zero-order valence-electron chi connectivity index (χ0n) is 8.53. The number of hydrogen-bond acceptors (Lipinski definition) is 4. The maximum absolute atomic E-state index is 11.6. The monoisotopic (exact) mass is 196 g/mol. The van der Waals surface area contributed by atoms with Gasteiger partial charge < -0.3 is 15.6 Å². The molecule has 3 N–H and O–H groups in total. The normalized spacial score (nSPS) is 12.5. The molecule has 1 atom stereocenters. The number of nitrogens with two attached hydrogens (primary N) is 1. The van der Waals surface area contributed by atoms with E-state index in [0.29, 0.717) is 18.9 Å². The van der Waals surface area contributed by atoms with Crippen LogP contribution in [0.3, 0.4) is 0 Å². The molecular formula is C9H16N4O. The predicted molar refractivity (Wildman–Crippen MR) is 56.3 cm³/mol. The van der Waals surface area contributed by atoms with Crippen molar-refractivity contribution in [3.63, 3.8) is 0 Å². The van der Waals surface area contributed by atoms with Crippen LogP contribution in [0.15, 0.2) is 17.2 Å². The minimum absolute atomic E-state index is 0.0582. The highest BCUT2D eigenvalue weighted by Gasteiger charge is 2.05. The maximum Gasteiger partial charge on any atom is 0.293 e. The third-order valence-electron chi connectivity index (χ3n) is 1.99. The smallest absolute Gasteiger partial charge is 0.293 e. The number of anilines is 1. The Morgan fingerprint density at radius 1 is 1.71 bits per heavy atom. The van der Waals surface area contributed by atoms with Crippen LogP contribution < -0.4 is 16.6 Å². The Hall–Kier alpha value is -1.36. The molecule has 0 bridgehead atoms. The van der Waals surface area contributed by atoms with Crippen LogP contribution in [-0.4, -0.2) is 22.1 Å². The van der Waals surface area contributed by atoms with E-state index in [9.17, 15) is 4.79 Å². The molecule has 0 saturated heterocycles. The highest BCUT2D eigenvalue weighted by atomic mass is 16.1. The summed E-state index contributed by atoms with van der Waals surface area (Å²) in [6.07, 6.45) is 3.27. The first-order chi connectivity index (χ1) is 6.69. The van der Waals surface area contributed by atoms with E-state index < -0.39 is 0 Å². The third kappa shape index (κ3) is 2.32. The van der Waals surface area contributed by atoms with Gasteiger partial charge in [-0.2, -0.15) is 0 Å². The molecule has 0 aliphatic rings. The molecular weight excluding hydrogens is 180 g/mol. The van der Waals surface area contributed by atoms with E-state index in [2.05, 4.69) is 10.3 Å². The number of nitrogens with zero attached hydrogens (tertiary/aromatic N) is 2. The van der Waals surface area contributed by atoms with Gasteiger partial charge in [0.15, 0.2) is 5.82 Å². The van der Waals surface area contributed by atoms with Crippen molar-refractivity contribution >= 4 is 5.82 Å². The third-order valence-corrected chi connectivity index (χ3v) is 1.99. The Morgan fingerprint density at radius 3 is 3.00 bits per heavy atom. The van der Waals surface area contributed by atoms with Crippen molar-refractivity contribution in [3.05, 3.63) is 22.7 Å². The molecule has 0 saturated carbocycles. The Labute approximate surface area is 83.0 Å². The fourth-order valence-corrected chi connectivity index (χ4v) is 1.09. The quantitative estimate of drug-likeness (QED) is 0.712. The summed E-state index contributed by atoms with van der Waals surface area (Å²) in [6.45, 7) is 4.94. The average Bonchev–Trinajstić information content (AvgIpc) is 2.21. The van der Waals surface area contributed by atoms with Crippen molar-refractivity contribution in [1.82, 2.24) is 9.55 Å². The number of hydrogen-bond donors (Lipinski definition) is 2. The van der Waals surface area contributed by atoms with Crippen molar-refractivity contribution in [2.24, 2.45) is 5.73 Å². The zero-order valence-corrected chi connectivity index (χ0v) is 8.53. The van der Waals surface area contributed by atoms with Gasteiger partial charge in [0.2, 0.25) is 0 Å². The molecule has 1 unspecified atom stereocenters. The van der Waals surface area contributed by atoms with E-state index in [1.165, 1.54) is 0 Å². The lowest BCUT2D eigenvalue weighted by molar-refractivity contribution is 0.710. The highest BCUT2D eigenvalue weighted by molar-refractivity contribution is 5.31. The second kappa shape index (κ2) is 4.76. The van der Waals surface area contributed by atoms with E-state index in [-0.39, 0.29) is 11.6 Å². The molecule has 0 fully saturated rings. The molecule has 0 aliphatic heterocycles. The fraction of sp³-hybridized carbons (Fsp3) is 0.556. The van der Waals surface area contributed by atoms with Gasteiger partial charge >= 0.3 is 0 Å². The first-order valence-electron chi connectivity index (χ1n) is 4.71. The van der Waals surface area contributed by atoms with Crippen molar-refractivity contribution in [2.75, 3.05) is 11.9 Å². The van der Waals surface area contributed by atoms with Crippen molar-refractivity contribution in [2.45, 2.75) is 26.4 Å². The molecule has 0 spiro atoms. The number of rotatable bonds is 4. The number of aromatic nitrogens is 2. The summed E-state index contributed by atoms with van der Waals surface area (Å²) in [5, 5.41) is 2.97. The molecule has 78 valence electrons. The Morgan fingerprint density at radius 2 is 2.43 bits per heavy atom. The van der Waals surface area contributed by atoms with Crippen LogP contribution in [0.2, 0.25) is 0 Å². The summed E-state index contributed by atoms with van der Waals surface area (Å²) in [4.78, 5) is 15.6. The number of aryl methyl sites for hydroxylation is 1. The SMILES string of the molecule is CCn1ccnc(NC(C)CN)c1=O. The summed E-state index contributed by atoms with van der Waals surface area (Å²) >= 11 is 0. The number of nitrogens with one attached hydrogen (secondary N) is 1. The van der Waals surface area contributed by atoms with Gasteiger partial charge in [0.1, 0.15) is 0 Å². The van der Waals surface area contributed by atoms with Crippen LogP contribution in [0.25, 0.3) is 0 Å². The largest absolute Gasteiger partial charge is 0.362 e. The van der Waals surface area contributed by atoms with Gasteiger partial charge in [0, 0.05) is 31.5 Å². The summed E-state index contributed by atoms with van der Waals surface area (Å²) in [7, 11) is 0. The van der Waals surface area contributed by atoms with Crippen molar-refractivity contribution in [3.8, 4) is 0 Å². The van der Waals surface area contributed by atoms with E-state index in [1.54, 1.807) is 17.0 Å². The molecule has 0 aliphatic carbocycles. The lowest BCUT2D eigenvalue weighted by Crippen LogP contribution is -2.31. The van der Waals surface area contributed by atoms with Gasteiger partial charge in [0.05, 0.1) is 0 Å². The molecule has 5 heteroatoms. The van der Waals surface area contributed by atoms with E-state index in [4.69, 9.17) is 5.73 Å². The van der Waals surface area contributed by atoms with Crippen molar-refractivity contribution < 1.29 is 0 Å². The van der Waals surface area contributed by atoms with Crippen LogP contribution in [0.5, 0.6) is 0 Å². The predicted octanol–water partition coefficient (Wildman–Crippen LogP) is 0.0223. The minimum atomic E-state index is -0.102. The minimum Gasteiger partial charge on any atom is -0.362 e. The van der Waals surface area contributed by atoms with Crippen LogP contribution >= 0.6 is 0 Å². The molecule has 0 amide bonds. The van der Waals surface area contributed by atoms with Gasteiger partial charge in [-0.15, -0.1) is 0 Å². The first-order valence-corrected chi connectivity index (χ1v) is 4.71. The van der Waals surface area contributed by atoms with Gasteiger partial charge in [-0.1, -0.05) is 0 Å². The standard InChI is InChI=1S/C9H16N4O/c1-3-13-5-4-11-8(9(13)14)12-7(2)6-10/h4-5,7H,3,6,10H2,1-2H3,(H,11,12). The van der Waals surface area contributed by atoms with Gasteiger partial charge in [-0.3, -0.25) is 4.79 Å². The highest BCUT2D eigenvalue weighted by Crippen LogP contribution is 1.95. The van der Waals surface area contributed by atoms with Gasteiger partial charge in [-0.05, 0) is 13.8 Å². The molecule has 1 heterocycles. The van der Waals surface area contributed by atoms with Crippen LogP contribution in [0.1, 0.15) is 13.8 Å². The van der Waals surface area contributed by atoms with Crippen molar-refractivity contribution in [1.29, 1.82) is 0 Å².